The molecular formula is C19H23NO. The SMILES string of the molecule is C=CCc1cc(N)ccc1OCc1ccc(C(C)C)cc1. The third-order valence-electron chi connectivity index (χ3n) is 3.49. The molecule has 0 spiro atoms. The maximum absolute atomic E-state index is 5.93. The average molecular weight is 281 g/mol. The van der Waals surface area contributed by atoms with Crippen LogP contribution >= 0.6 is 0 Å². The van der Waals surface area contributed by atoms with Crippen LogP contribution in [0.4, 0.5) is 5.69 Å². The van der Waals surface area contributed by atoms with Crippen molar-refractivity contribution < 1.29 is 4.74 Å². The minimum absolute atomic E-state index is 0.552. The molecule has 2 nitrogen and oxygen atoms in total. The maximum Gasteiger partial charge on any atom is 0.123 e. The minimum atomic E-state index is 0.552. The first kappa shape index (κ1) is 15.2. The van der Waals surface area contributed by atoms with E-state index >= 15 is 0 Å². The fraction of sp³-hybridized carbons (Fsp3) is 0.263. The van der Waals surface area contributed by atoms with Crippen molar-refractivity contribution in [3.8, 4) is 5.75 Å². The Morgan fingerprint density at radius 3 is 2.48 bits per heavy atom. The third-order valence-corrected chi connectivity index (χ3v) is 3.49. The summed E-state index contributed by atoms with van der Waals surface area (Å²) < 4.78 is 5.93. The number of hydrogen-bond donors (Lipinski definition) is 1. The van der Waals surface area contributed by atoms with Gasteiger partial charge in [-0.25, -0.2) is 0 Å². The monoisotopic (exact) mass is 281 g/mol. The zero-order valence-corrected chi connectivity index (χ0v) is 12.8. The Bertz CT molecular complexity index is 599. The van der Waals surface area contributed by atoms with E-state index in [0.717, 1.165) is 23.4 Å². The Hall–Kier alpha value is -2.22. The summed E-state index contributed by atoms with van der Waals surface area (Å²) in [5.41, 5.74) is 10.2. The van der Waals surface area contributed by atoms with Crippen molar-refractivity contribution in [2.75, 3.05) is 5.73 Å². The number of benzene rings is 2. The van der Waals surface area contributed by atoms with Gasteiger partial charge in [0.15, 0.2) is 0 Å². The van der Waals surface area contributed by atoms with Gasteiger partial charge >= 0.3 is 0 Å². The molecule has 0 aliphatic rings. The highest BCUT2D eigenvalue weighted by Crippen LogP contribution is 2.23. The summed E-state index contributed by atoms with van der Waals surface area (Å²) in [7, 11) is 0. The fourth-order valence-electron chi connectivity index (χ4n) is 2.22. The molecule has 0 saturated carbocycles. The molecule has 0 unspecified atom stereocenters. The van der Waals surface area contributed by atoms with E-state index in [-0.39, 0.29) is 0 Å². The second-order valence-corrected chi connectivity index (χ2v) is 5.54. The number of hydrogen-bond acceptors (Lipinski definition) is 2. The van der Waals surface area contributed by atoms with Crippen LogP contribution in [0.1, 0.15) is 36.5 Å². The van der Waals surface area contributed by atoms with Crippen LogP contribution in [0, 0.1) is 0 Å². The zero-order valence-electron chi connectivity index (χ0n) is 12.8. The Balaban J connectivity index is 2.07. The smallest absolute Gasteiger partial charge is 0.123 e. The third kappa shape index (κ3) is 4.12. The van der Waals surface area contributed by atoms with Gasteiger partial charge in [0.2, 0.25) is 0 Å². The molecule has 2 N–H and O–H groups in total. The number of rotatable bonds is 6. The van der Waals surface area contributed by atoms with Crippen LogP contribution in [0.3, 0.4) is 0 Å². The van der Waals surface area contributed by atoms with Gasteiger partial charge in [0.05, 0.1) is 0 Å². The summed E-state index contributed by atoms with van der Waals surface area (Å²) in [6.45, 7) is 8.73. The molecule has 0 saturated heterocycles. The van der Waals surface area contributed by atoms with Crippen molar-refractivity contribution >= 4 is 5.69 Å². The second-order valence-electron chi connectivity index (χ2n) is 5.54. The standard InChI is InChI=1S/C19H23NO/c1-4-5-17-12-18(20)10-11-19(17)21-13-15-6-8-16(9-7-15)14(2)3/h4,6-12,14H,1,5,13,20H2,2-3H3. The predicted molar refractivity (Wildman–Crippen MR) is 89.6 cm³/mol. The summed E-state index contributed by atoms with van der Waals surface area (Å²) in [4.78, 5) is 0. The highest BCUT2D eigenvalue weighted by atomic mass is 16.5. The summed E-state index contributed by atoms with van der Waals surface area (Å²) in [6.07, 6.45) is 2.62. The predicted octanol–water partition coefficient (Wildman–Crippen LogP) is 4.70. The van der Waals surface area contributed by atoms with E-state index in [0.29, 0.717) is 12.5 Å². The fourth-order valence-corrected chi connectivity index (χ4v) is 2.22. The molecule has 0 aromatic heterocycles. The van der Waals surface area contributed by atoms with E-state index in [2.05, 4.69) is 44.7 Å². The van der Waals surface area contributed by atoms with Crippen molar-refractivity contribution in [3.63, 3.8) is 0 Å². The van der Waals surface area contributed by atoms with Crippen LogP contribution in [-0.4, -0.2) is 0 Å². The van der Waals surface area contributed by atoms with E-state index in [9.17, 15) is 0 Å². The molecule has 21 heavy (non-hydrogen) atoms. The Morgan fingerprint density at radius 1 is 1.14 bits per heavy atom. The molecule has 0 bridgehead atoms. The first-order valence-electron chi connectivity index (χ1n) is 7.31. The lowest BCUT2D eigenvalue weighted by molar-refractivity contribution is 0.303. The minimum Gasteiger partial charge on any atom is -0.489 e. The van der Waals surface area contributed by atoms with Crippen LogP contribution in [0.15, 0.2) is 55.1 Å². The van der Waals surface area contributed by atoms with Crippen molar-refractivity contribution in [2.45, 2.75) is 32.8 Å². The first-order chi connectivity index (χ1) is 10.1. The van der Waals surface area contributed by atoms with Gasteiger partial charge in [-0.1, -0.05) is 44.2 Å². The van der Waals surface area contributed by atoms with E-state index in [4.69, 9.17) is 10.5 Å². The van der Waals surface area contributed by atoms with Crippen molar-refractivity contribution in [1.29, 1.82) is 0 Å². The molecule has 0 fully saturated rings. The first-order valence-corrected chi connectivity index (χ1v) is 7.31. The normalized spacial score (nSPS) is 10.6. The van der Waals surface area contributed by atoms with E-state index in [1.165, 1.54) is 11.1 Å². The molecular weight excluding hydrogens is 258 g/mol. The largest absolute Gasteiger partial charge is 0.489 e. The maximum atomic E-state index is 5.93. The van der Waals surface area contributed by atoms with E-state index in [1.807, 2.05) is 24.3 Å². The molecule has 2 rings (SSSR count). The molecule has 110 valence electrons. The molecule has 2 aromatic carbocycles. The van der Waals surface area contributed by atoms with E-state index < -0.39 is 0 Å². The molecule has 0 amide bonds. The number of ether oxygens (including phenoxy) is 1. The van der Waals surface area contributed by atoms with Gasteiger partial charge < -0.3 is 10.5 Å². The van der Waals surface area contributed by atoms with Crippen molar-refractivity contribution in [2.24, 2.45) is 0 Å². The molecule has 0 heterocycles. The average Bonchev–Trinajstić information content (AvgIpc) is 2.47. The number of allylic oxidation sites excluding steroid dienone is 1. The molecule has 0 radical (unpaired) electrons. The van der Waals surface area contributed by atoms with Crippen LogP contribution in [0.5, 0.6) is 5.75 Å². The Labute approximate surface area is 127 Å². The quantitative estimate of drug-likeness (QED) is 0.615. The summed E-state index contributed by atoms with van der Waals surface area (Å²) >= 11 is 0. The Kier molecular flexibility index (Phi) is 5.04. The van der Waals surface area contributed by atoms with Crippen LogP contribution < -0.4 is 10.5 Å². The second kappa shape index (κ2) is 6.98. The lowest BCUT2D eigenvalue weighted by atomic mass is 10.0. The van der Waals surface area contributed by atoms with Crippen LogP contribution in [0.2, 0.25) is 0 Å². The topological polar surface area (TPSA) is 35.2 Å². The number of nitrogens with two attached hydrogens (primary N) is 1. The number of nitrogen functional groups attached to an aromatic ring is 1. The van der Waals surface area contributed by atoms with E-state index in [1.54, 1.807) is 0 Å². The highest BCUT2D eigenvalue weighted by molar-refractivity contribution is 5.48. The lowest BCUT2D eigenvalue weighted by Crippen LogP contribution is -2.00. The Morgan fingerprint density at radius 2 is 1.86 bits per heavy atom. The lowest BCUT2D eigenvalue weighted by Gasteiger charge is -2.12. The highest BCUT2D eigenvalue weighted by Gasteiger charge is 2.04. The summed E-state index contributed by atoms with van der Waals surface area (Å²) in [6, 6.07) is 14.3. The molecule has 0 aliphatic carbocycles. The van der Waals surface area contributed by atoms with Crippen LogP contribution in [-0.2, 0) is 13.0 Å². The van der Waals surface area contributed by atoms with Gasteiger partial charge in [-0.05, 0) is 47.2 Å². The number of anilines is 1. The van der Waals surface area contributed by atoms with Crippen LogP contribution in [0.25, 0.3) is 0 Å². The summed E-state index contributed by atoms with van der Waals surface area (Å²) in [5.74, 6) is 1.42. The van der Waals surface area contributed by atoms with Crippen molar-refractivity contribution in [1.82, 2.24) is 0 Å². The molecule has 2 heteroatoms. The zero-order chi connectivity index (χ0) is 15.2. The van der Waals surface area contributed by atoms with Gasteiger partial charge in [0.25, 0.3) is 0 Å². The molecule has 0 aliphatic heterocycles. The molecule has 0 atom stereocenters. The van der Waals surface area contributed by atoms with Gasteiger partial charge in [-0.2, -0.15) is 0 Å². The molecule has 2 aromatic rings. The van der Waals surface area contributed by atoms with Crippen molar-refractivity contribution in [3.05, 3.63) is 71.8 Å². The van der Waals surface area contributed by atoms with Gasteiger partial charge in [-0.15, -0.1) is 6.58 Å². The van der Waals surface area contributed by atoms with Gasteiger partial charge in [0, 0.05) is 5.69 Å². The summed E-state index contributed by atoms with van der Waals surface area (Å²) in [5, 5.41) is 0. The van der Waals surface area contributed by atoms with Gasteiger partial charge in [-0.3, -0.25) is 0 Å². The van der Waals surface area contributed by atoms with Gasteiger partial charge in [0.1, 0.15) is 12.4 Å².